The molecule has 0 atom stereocenters. The van der Waals surface area contributed by atoms with Gasteiger partial charge in [0.2, 0.25) is 0 Å². The summed E-state index contributed by atoms with van der Waals surface area (Å²) in [6.45, 7) is 0. The van der Waals surface area contributed by atoms with Crippen LogP contribution in [-0.4, -0.2) is 15.3 Å². The van der Waals surface area contributed by atoms with Crippen molar-refractivity contribution in [3.8, 4) is 17.2 Å². The maximum atomic E-state index is 9.26. The van der Waals surface area contributed by atoms with E-state index in [1.54, 1.807) is 0 Å². The zero-order valence-corrected chi connectivity index (χ0v) is 10.2. The van der Waals surface area contributed by atoms with Crippen LogP contribution in [0.1, 0.15) is 0 Å². The van der Waals surface area contributed by atoms with Gasteiger partial charge in [-0.15, -0.1) is 0 Å². The lowest BCUT2D eigenvalue weighted by atomic mass is 10.3. The second kappa shape index (κ2) is 3.43. The van der Waals surface area contributed by atoms with Crippen LogP contribution in [0.5, 0.6) is 17.2 Å². The van der Waals surface area contributed by atoms with Gasteiger partial charge in [-0.3, -0.25) is 0 Å². The molecule has 3 N–H and O–H groups in total. The summed E-state index contributed by atoms with van der Waals surface area (Å²) in [5.74, 6) is -0.727. The van der Waals surface area contributed by atoms with Gasteiger partial charge in [-0.2, -0.15) is 0 Å². The molecule has 1 aromatic rings. The zero-order chi connectivity index (χ0) is 9.46. The minimum Gasteiger partial charge on any atom is -0.505 e. The molecule has 6 heteroatoms. The molecule has 0 amide bonds. The molecule has 0 fully saturated rings. The zero-order valence-electron chi connectivity index (χ0n) is 5.48. The highest BCUT2D eigenvalue weighted by atomic mass is 79.9. The van der Waals surface area contributed by atoms with Gasteiger partial charge in [0, 0.05) is 0 Å². The van der Waals surface area contributed by atoms with E-state index in [4.69, 9.17) is 0 Å². The van der Waals surface area contributed by atoms with Gasteiger partial charge in [-0.1, -0.05) is 0 Å². The van der Waals surface area contributed by atoms with Crippen LogP contribution in [0.3, 0.4) is 0 Å². The van der Waals surface area contributed by atoms with Crippen LogP contribution in [0.15, 0.2) is 13.4 Å². The van der Waals surface area contributed by atoms with Gasteiger partial charge in [0.1, 0.15) is 13.4 Å². The summed E-state index contributed by atoms with van der Waals surface area (Å²) in [6.07, 6.45) is 0. The second-order valence-corrected chi connectivity index (χ2v) is 4.37. The van der Waals surface area contributed by atoms with Crippen LogP contribution in [0.25, 0.3) is 0 Å². The van der Waals surface area contributed by atoms with Gasteiger partial charge in [-0.05, 0) is 47.8 Å². The monoisotopic (exact) mass is 360 g/mol. The first-order chi connectivity index (χ1) is 5.46. The van der Waals surface area contributed by atoms with Gasteiger partial charge >= 0.3 is 0 Å². The average molecular weight is 363 g/mol. The van der Waals surface area contributed by atoms with Gasteiger partial charge in [0.25, 0.3) is 0 Å². The van der Waals surface area contributed by atoms with Crippen molar-refractivity contribution in [3.05, 3.63) is 13.4 Å². The molecule has 1 aromatic carbocycles. The summed E-state index contributed by atoms with van der Waals surface area (Å²) >= 11 is 8.83. The van der Waals surface area contributed by atoms with Crippen molar-refractivity contribution in [3.63, 3.8) is 0 Å². The third-order valence-corrected chi connectivity index (χ3v) is 3.50. The Bertz CT molecular complexity index is 232. The molecule has 0 saturated carbocycles. The largest absolute Gasteiger partial charge is 0.505 e. The Labute approximate surface area is 93.4 Å². The third kappa shape index (κ3) is 1.43. The molecular formula is C6H3Br3O3. The lowest BCUT2D eigenvalue weighted by Gasteiger charge is -2.07. The standard InChI is InChI=1S/C6H3Br3O3/c7-1-4(10)2(8)6(12)3(9)5(1)11/h10-12H. The highest BCUT2D eigenvalue weighted by Gasteiger charge is 2.18. The fourth-order valence-electron chi connectivity index (χ4n) is 0.626. The predicted molar refractivity (Wildman–Crippen MR) is 54.5 cm³/mol. The quantitative estimate of drug-likeness (QED) is 0.664. The molecule has 0 radical (unpaired) electrons. The van der Waals surface area contributed by atoms with Gasteiger partial charge in [-0.25, -0.2) is 0 Å². The Morgan fingerprint density at radius 3 is 0.917 bits per heavy atom. The Balaban J connectivity index is 3.60. The van der Waals surface area contributed by atoms with E-state index < -0.39 is 0 Å². The molecule has 0 heterocycles. The maximum Gasteiger partial charge on any atom is 0.151 e. The number of rotatable bonds is 0. The molecule has 0 aliphatic heterocycles. The van der Waals surface area contributed by atoms with E-state index in [1.165, 1.54) is 0 Å². The number of aromatic hydroxyl groups is 3. The molecule has 0 bridgehead atoms. The van der Waals surface area contributed by atoms with Crippen LogP contribution >= 0.6 is 47.8 Å². The van der Waals surface area contributed by atoms with Crippen LogP contribution in [0.2, 0.25) is 0 Å². The highest BCUT2D eigenvalue weighted by Crippen LogP contribution is 2.50. The fraction of sp³-hybridized carbons (Fsp3) is 0. The average Bonchev–Trinajstić information content (AvgIpc) is 2.08. The van der Waals surface area contributed by atoms with Crippen LogP contribution < -0.4 is 0 Å². The summed E-state index contributed by atoms with van der Waals surface area (Å²) < 4.78 is 0.372. The number of hydrogen-bond donors (Lipinski definition) is 3. The molecular weight excluding hydrogens is 360 g/mol. The van der Waals surface area contributed by atoms with Crippen molar-refractivity contribution < 1.29 is 15.3 Å². The SMILES string of the molecule is Oc1c(Br)c(O)c(Br)c(O)c1Br. The lowest BCUT2D eigenvalue weighted by molar-refractivity contribution is 0.415. The van der Waals surface area contributed by atoms with E-state index in [2.05, 4.69) is 47.8 Å². The maximum absolute atomic E-state index is 9.26. The topological polar surface area (TPSA) is 60.7 Å². The van der Waals surface area contributed by atoms with E-state index in [9.17, 15) is 15.3 Å². The molecule has 0 spiro atoms. The molecule has 12 heavy (non-hydrogen) atoms. The Morgan fingerprint density at radius 1 is 0.583 bits per heavy atom. The fourth-order valence-corrected chi connectivity index (χ4v) is 2.61. The van der Waals surface area contributed by atoms with Crippen LogP contribution in [0.4, 0.5) is 0 Å². The predicted octanol–water partition coefficient (Wildman–Crippen LogP) is 3.09. The Hall–Kier alpha value is 0.0600. The van der Waals surface area contributed by atoms with Crippen LogP contribution in [-0.2, 0) is 0 Å². The number of phenolic OH excluding ortho intramolecular Hbond substituents is 3. The van der Waals surface area contributed by atoms with Gasteiger partial charge in [0.05, 0.1) is 0 Å². The number of hydrogen-bond acceptors (Lipinski definition) is 3. The molecule has 0 unspecified atom stereocenters. The van der Waals surface area contributed by atoms with Crippen molar-refractivity contribution in [1.29, 1.82) is 0 Å². The lowest BCUT2D eigenvalue weighted by Crippen LogP contribution is -1.78. The second-order valence-electron chi connectivity index (χ2n) is 1.99. The van der Waals surface area contributed by atoms with Crippen LogP contribution in [0, 0.1) is 0 Å². The van der Waals surface area contributed by atoms with Crippen molar-refractivity contribution in [2.75, 3.05) is 0 Å². The van der Waals surface area contributed by atoms with Gasteiger partial charge < -0.3 is 15.3 Å². The number of benzene rings is 1. The van der Waals surface area contributed by atoms with Crippen molar-refractivity contribution in [2.24, 2.45) is 0 Å². The van der Waals surface area contributed by atoms with Crippen molar-refractivity contribution >= 4 is 47.8 Å². The molecule has 0 aromatic heterocycles. The molecule has 0 saturated heterocycles. The molecule has 0 aliphatic carbocycles. The van der Waals surface area contributed by atoms with E-state index in [-0.39, 0.29) is 30.7 Å². The molecule has 66 valence electrons. The smallest absolute Gasteiger partial charge is 0.151 e. The van der Waals surface area contributed by atoms with Crippen molar-refractivity contribution in [1.82, 2.24) is 0 Å². The van der Waals surface area contributed by atoms with E-state index in [1.807, 2.05) is 0 Å². The minimum absolute atomic E-state index is 0.124. The summed E-state index contributed by atoms with van der Waals surface area (Å²) in [5, 5.41) is 27.8. The van der Waals surface area contributed by atoms with E-state index >= 15 is 0 Å². The summed E-state index contributed by atoms with van der Waals surface area (Å²) in [7, 11) is 0. The first-order valence-corrected chi connectivity index (χ1v) is 5.12. The third-order valence-electron chi connectivity index (χ3n) is 1.25. The molecule has 3 nitrogen and oxygen atoms in total. The summed E-state index contributed by atoms with van der Waals surface area (Å²) in [4.78, 5) is 0. The molecule has 0 aliphatic rings. The first kappa shape index (κ1) is 10.1. The Morgan fingerprint density at radius 2 is 0.750 bits per heavy atom. The van der Waals surface area contributed by atoms with Crippen molar-refractivity contribution in [2.45, 2.75) is 0 Å². The minimum atomic E-state index is -0.242. The number of phenols is 3. The van der Waals surface area contributed by atoms with E-state index in [0.717, 1.165) is 0 Å². The summed E-state index contributed by atoms with van der Waals surface area (Å²) in [5.41, 5.74) is 0. The highest BCUT2D eigenvalue weighted by molar-refractivity contribution is 9.11. The normalized spacial score (nSPS) is 10.2. The van der Waals surface area contributed by atoms with E-state index in [0.29, 0.717) is 0 Å². The summed E-state index contributed by atoms with van der Waals surface area (Å²) in [6, 6.07) is 0. The van der Waals surface area contributed by atoms with Gasteiger partial charge in [0.15, 0.2) is 17.2 Å². The number of halogens is 3. The molecule has 1 rings (SSSR count). The first-order valence-electron chi connectivity index (χ1n) is 2.74. The Kier molecular flexibility index (Phi) is 2.90.